The fourth-order valence-electron chi connectivity index (χ4n) is 2.67. The normalized spacial score (nSPS) is 16.2. The standard InChI is InChI=1S/C15H15Cl2N3O2/c1-19-2-4-20(5-3-19)13-8-12(15(21)22)18-11-7-9(16)6-10(17)14(11)13/h6-8H,2-5H2,1H3,(H,21,22). The van der Waals surface area contributed by atoms with Gasteiger partial charge in [0.15, 0.2) is 5.69 Å². The number of nitrogens with zero attached hydrogens (tertiary/aromatic N) is 3. The third-order valence-corrected chi connectivity index (χ3v) is 4.38. The van der Waals surface area contributed by atoms with Crippen LogP contribution in [0.1, 0.15) is 10.5 Å². The molecule has 1 fully saturated rings. The average Bonchev–Trinajstić information content (AvgIpc) is 2.46. The Labute approximate surface area is 138 Å². The molecule has 0 unspecified atom stereocenters. The van der Waals surface area contributed by atoms with E-state index in [-0.39, 0.29) is 5.69 Å². The van der Waals surface area contributed by atoms with Crippen molar-refractivity contribution in [1.29, 1.82) is 0 Å². The van der Waals surface area contributed by atoms with Gasteiger partial charge >= 0.3 is 5.97 Å². The van der Waals surface area contributed by atoms with Crippen molar-refractivity contribution >= 4 is 45.8 Å². The fourth-order valence-corrected chi connectivity index (χ4v) is 3.25. The molecule has 116 valence electrons. The maximum absolute atomic E-state index is 11.3. The summed E-state index contributed by atoms with van der Waals surface area (Å²) in [6.07, 6.45) is 0. The lowest BCUT2D eigenvalue weighted by molar-refractivity contribution is 0.0691. The molecule has 0 saturated carbocycles. The molecule has 1 aromatic carbocycles. The van der Waals surface area contributed by atoms with Gasteiger partial charge in [-0.2, -0.15) is 0 Å². The molecule has 2 aromatic rings. The summed E-state index contributed by atoms with van der Waals surface area (Å²) in [5, 5.41) is 11.0. The number of fused-ring (bicyclic) bond motifs is 1. The van der Waals surface area contributed by atoms with Crippen LogP contribution in [0.15, 0.2) is 18.2 Å². The molecule has 0 aliphatic carbocycles. The van der Waals surface area contributed by atoms with E-state index < -0.39 is 5.97 Å². The number of likely N-dealkylation sites (N-methyl/N-ethyl adjacent to an activating group) is 1. The molecule has 3 rings (SSSR count). The summed E-state index contributed by atoms with van der Waals surface area (Å²) in [5.41, 5.74) is 1.31. The summed E-state index contributed by atoms with van der Waals surface area (Å²) in [6.45, 7) is 3.45. The summed E-state index contributed by atoms with van der Waals surface area (Å²) < 4.78 is 0. The smallest absolute Gasteiger partial charge is 0.354 e. The Hall–Kier alpha value is -1.56. The van der Waals surface area contributed by atoms with Gasteiger partial charge in [0.1, 0.15) is 0 Å². The topological polar surface area (TPSA) is 56.7 Å². The molecule has 0 spiro atoms. The van der Waals surface area contributed by atoms with Crippen molar-refractivity contribution in [2.75, 3.05) is 38.1 Å². The van der Waals surface area contributed by atoms with Crippen LogP contribution in [0.25, 0.3) is 10.9 Å². The number of aromatic nitrogens is 1. The van der Waals surface area contributed by atoms with Crippen molar-refractivity contribution in [3.8, 4) is 0 Å². The number of piperazine rings is 1. The summed E-state index contributed by atoms with van der Waals surface area (Å²) >= 11 is 12.4. The lowest BCUT2D eigenvalue weighted by Crippen LogP contribution is -2.44. The zero-order valence-electron chi connectivity index (χ0n) is 12.0. The highest BCUT2D eigenvalue weighted by Gasteiger charge is 2.21. The number of carboxylic acids is 1. The maximum atomic E-state index is 11.3. The number of carboxylic acid groups (broad SMARTS) is 1. The molecular weight excluding hydrogens is 325 g/mol. The highest BCUT2D eigenvalue weighted by atomic mass is 35.5. The first kappa shape index (κ1) is 15.3. The second-order valence-electron chi connectivity index (χ2n) is 5.40. The van der Waals surface area contributed by atoms with Crippen molar-refractivity contribution in [2.24, 2.45) is 0 Å². The van der Waals surface area contributed by atoms with Crippen LogP contribution in [0, 0.1) is 0 Å². The molecule has 0 bridgehead atoms. The first-order valence-corrected chi connectivity index (χ1v) is 7.68. The van der Waals surface area contributed by atoms with E-state index in [4.69, 9.17) is 23.2 Å². The number of anilines is 1. The van der Waals surface area contributed by atoms with Gasteiger partial charge in [0.2, 0.25) is 0 Å². The quantitative estimate of drug-likeness (QED) is 0.911. The molecule has 5 nitrogen and oxygen atoms in total. The van der Waals surface area contributed by atoms with Crippen LogP contribution in [-0.2, 0) is 0 Å². The van der Waals surface area contributed by atoms with Crippen LogP contribution in [-0.4, -0.2) is 54.2 Å². The largest absolute Gasteiger partial charge is 0.477 e. The fraction of sp³-hybridized carbons (Fsp3) is 0.333. The SMILES string of the molecule is CN1CCN(c2cc(C(=O)O)nc3cc(Cl)cc(Cl)c23)CC1. The van der Waals surface area contributed by atoms with Gasteiger partial charge in [0.05, 0.1) is 16.2 Å². The Morgan fingerprint density at radius 3 is 2.50 bits per heavy atom. The zero-order chi connectivity index (χ0) is 15.9. The average molecular weight is 340 g/mol. The van der Waals surface area contributed by atoms with Gasteiger partial charge < -0.3 is 14.9 Å². The van der Waals surface area contributed by atoms with Crippen molar-refractivity contribution in [3.05, 3.63) is 33.9 Å². The molecule has 7 heteroatoms. The third-order valence-electron chi connectivity index (χ3n) is 3.87. The first-order valence-electron chi connectivity index (χ1n) is 6.92. The molecule has 1 aliphatic rings. The van der Waals surface area contributed by atoms with E-state index in [1.807, 2.05) is 0 Å². The molecule has 2 heterocycles. The summed E-state index contributed by atoms with van der Waals surface area (Å²) in [4.78, 5) is 19.9. The Balaban J connectivity index is 2.19. The molecule has 1 aliphatic heterocycles. The van der Waals surface area contributed by atoms with E-state index in [1.54, 1.807) is 18.2 Å². The molecule has 1 aromatic heterocycles. The van der Waals surface area contributed by atoms with Gasteiger partial charge in [-0.15, -0.1) is 0 Å². The second kappa shape index (κ2) is 5.91. The minimum absolute atomic E-state index is 0.000221. The zero-order valence-corrected chi connectivity index (χ0v) is 13.5. The third kappa shape index (κ3) is 2.84. The van der Waals surface area contributed by atoms with Crippen LogP contribution >= 0.6 is 23.2 Å². The first-order chi connectivity index (χ1) is 10.5. The summed E-state index contributed by atoms with van der Waals surface area (Å²) in [7, 11) is 2.07. The number of halogens is 2. The molecule has 1 saturated heterocycles. The number of carbonyl (C=O) groups is 1. The molecule has 1 N–H and O–H groups in total. The highest BCUT2D eigenvalue weighted by molar-refractivity contribution is 6.39. The van der Waals surface area contributed by atoms with Crippen LogP contribution < -0.4 is 4.90 Å². The van der Waals surface area contributed by atoms with Gasteiger partial charge in [-0.3, -0.25) is 0 Å². The second-order valence-corrected chi connectivity index (χ2v) is 6.25. The van der Waals surface area contributed by atoms with Gasteiger partial charge in [-0.1, -0.05) is 23.2 Å². The molecular formula is C15H15Cl2N3O2. The maximum Gasteiger partial charge on any atom is 0.354 e. The van der Waals surface area contributed by atoms with E-state index in [2.05, 4.69) is 21.8 Å². The lowest BCUT2D eigenvalue weighted by atomic mass is 10.1. The monoisotopic (exact) mass is 339 g/mol. The molecule has 22 heavy (non-hydrogen) atoms. The summed E-state index contributed by atoms with van der Waals surface area (Å²) in [6, 6.07) is 4.90. The summed E-state index contributed by atoms with van der Waals surface area (Å²) in [5.74, 6) is -1.06. The number of hydrogen-bond donors (Lipinski definition) is 1. The minimum Gasteiger partial charge on any atom is -0.477 e. The molecule has 0 radical (unpaired) electrons. The van der Waals surface area contributed by atoms with Crippen LogP contribution in [0.3, 0.4) is 0 Å². The van der Waals surface area contributed by atoms with Crippen LogP contribution in [0.5, 0.6) is 0 Å². The van der Waals surface area contributed by atoms with Crippen molar-refractivity contribution in [2.45, 2.75) is 0 Å². The van der Waals surface area contributed by atoms with E-state index in [0.717, 1.165) is 37.3 Å². The number of benzene rings is 1. The van der Waals surface area contributed by atoms with Gasteiger partial charge in [-0.25, -0.2) is 9.78 Å². The Bertz CT molecular complexity index is 743. The number of pyridine rings is 1. The van der Waals surface area contributed by atoms with Crippen LogP contribution in [0.4, 0.5) is 5.69 Å². The highest BCUT2D eigenvalue weighted by Crippen LogP contribution is 2.35. The van der Waals surface area contributed by atoms with Crippen LogP contribution in [0.2, 0.25) is 10.0 Å². The molecule has 0 atom stereocenters. The van der Waals surface area contributed by atoms with Crippen molar-refractivity contribution in [3.63, 3.8) is 0 Å². The Kier molecular flexibility index (Phi) is 4.12. The predicted molar refractivity (Wildman–Crippen MR) is 88.4 cm³/mol. The van der Waals surface area contributed by atoms with E-state index in [0.29, 0.717) is 15.6 Å². The number of hydrogen-bond acceptors (Lipinski definition) is 4. The predicted octanol–water partition coefficient (Wildman–Crippen LogP) is 2.99. The van der Waals surface area contributed by atoms with Gasteiger partial charge in [-0.05, 0) is 25.2 Å². The van der Waals surface area contributed by atoms with Gasteiger partial charge in [0, 0.05) is 36.6 Å². The van der Waals surface area contributed by atoms with E-state index in [9.17, 15) is 9.90 Å². The van der Waals surface area contributed by atoms with E-state index in [1.165, 1.54) is 0 Å². The Morgan fingerprint density at radius 2 is 1.86 bits per heavy atom. The number of rotatable bonds is 2. The number of aromatic carboxylic acids is 1. The minimum atomic E-state index is -1.06. The van der Waals surface area contributed by atoms with Gasteiger partial charge in [0.25, 0.3) is 0 Å². The van der Waals surface area contributed by atoms with Crippen molar-refractivity contribution < 1.29 is 9.90 Å². The Morgan fingerprint density at radius 1 is 1.18 bits per heavy atom. The van der Waals surface area contributed by atoms with Crippen molar-refractivity contribution in [1.82, 2.24) is 9.88 Å². The molecule has 0 amide bonds. The lowest BCUT2D eigenvalue weighted by Gasteiger charge is -2.34. The van der Waals surface area contributed by atoms with E-state index >= 15 is 0 Å².